The van der Waals surface area contributed by atoms with Crippen LogP contribution in [0.4, 0.5) is 4.39 Å². The third-order valence-electron chi connectivity index (χ3n) is 6.29. The number of fused-ring (bicyclic) bond motifs is 3. The molecule has 9 heteroatoms. The maximum Gasteiger partial charge on any atom is 0.258 e. The van der Waals surface area contributed by atoms with E-state index < -0.39 is 5.82 Å². The van der Waals surface area contributed by atoms with Gasteiger partial charge in [0.2, 0.25) is 0 Å². The molecule has 0 bridgehead atoms. The molecule has 0 saturated carbocycles. The van der Waals surface area contributed by atoms with Gasteiger partial charge in [0.1, 0.15) is 17.7 Å². The van der Waals surface area contributed by atoms with Gasteiger partial charge in [-0.2, -0.15) is 5.10 Å². The van der Waals surface area contributed by atoms with E-state index in [0.29, 0.717) is 41.1 Å². The Morgan fingerprint density at radius 1 is 1.31 bits per heavy atom. The number of benzene rings is 1. The van der Waals surface area contributed by atoms with Gasteiger partial charge in [0.15, 0.2) is 5.65 Å². The van der Waals surface area contributed by atoms with Gasteiger partial charge in [-0.1, -0.05) is 11.6 Å². The fourth-order valence-corrected chi connectivity index (χ4v) is 4.69. The molecule has 5 rings (SSSR count). The molecule has 2 aromatic heterocycles. The molecule has 168 valence electrons. The molecule has 3 aromatic rings. The van der Waals surface area contributed by atoms with Gasteiger partial charge in [0, 0.05) is 17.7 Å². The third kappa shape index (κ3) is 3.61. The number of amides is 1. The van der Waals surface area contributed by atoms with E-state index >= 15 is 0 Å². The van der Waals surface area contributed by atoms with Gasteiger partial charge in [-0.3, -0.25) is 4.79 Å². The number of ether oxygens (including phenoxy) is 1. The highest BCUT2D eigenvalue weighted by Gasteiger charge is 2.32. The molecule has 1 fully saturated rings. The average molecular weight is 458 g/mol. The Morgan fingerprint density at radius 2 is 2.12 bits per heavy atom. The summed E-state index contributed by atoms with van der Waals surface area (Å²) in [6.07, 6.45) is 1.57. The maximum atomic E-state index is 14.0. The molecule has 1 amide bonds. The number of rotatable bonds is 3. The summed E-state index contributed by atoms with van der Waals surface area (Å²) in [4.78, 5) is 19.7. The van der Waals surface area contributed by atoms with Crippen molar-refractivity contribution in [3.63, 3.8) is 0 Å². The number of hydrogen-bond donors (Lipinski definition) is 1. The van der Waals surface area contributed by atoms with Crippen LogP contribution in [0, 0.1) is 19.7 Å². The number of aryl methyl sites for hydroxylation is 2. The van der Waals surface area contributed by atoms with E-state index in [0.717, 1.165) is 42.0 Å². The fourth-order valence-electron chi connectivity index (χ4n) is 4.57. The quantitative estimate of drug-likeness (QED) is 0.647. The Kier molecular flexibility index (Phi) is 5.29. The third-order valence-corrected chi connectivity index (χ3v) is 6.83. The summed E-state index contributed by atoms with van der Waals surface area (Å²) in [5, 5.41) is 8.60. The highest BCUT2D eigenvalue weighted by molar-refractivity contribution is 6.31. The summed E-state index contributed by atoms with van der Waals surface area (Å²) in [5.74, 6) is -0.335. The average Bonchev–Trinajstić information content (AvgIpc) is 3.31. The second kappa shape index (κ2) is 8.01. The van der Waals surface area contributed by atoms with Crippen LogP contribution >= 0.6 is 11.6 Å². The number of nitrogens with one attached hydrogen (secondary N) is 1. The Bertz CT molecular complexity index is 1230. The number of hydrogen-bond acceptors (Lipinski definition) is 5. The zero-order valence-electron chi connectivity index (χ0n) is 18.3. The minimum atomic E-state index is -0.423. The lowest BCUT2D eigenvalue weighted by Gasteiger charge is -2.29. The smallest absolute Gasteiger partial charge is 0.258 e. The molecule has 7 nitrogen and oxygen atoms in total. The first-order valence-corrected chi connectivity index (χ1v) is 11.2. The van der Waals surface area contributed by atoms with Crippen LogP contribution in [0.5, 0.6) is 5.75 Å². The summed E-state index contributed by atoms with van der Waals surface area (Å²) in [7, 11) is 0. The Hall–Kier alpha value is -2.71. The van der Waals surface area contributed by atoms with Crippen LogP contribution in [0.15, 0.2) is 18.2 Å². The molecule has 0 unspecified atom stereocenters. The summed E-state index contributed by atoms with van der Waals surface area (Å²) in [6.45, 7) is 7.42. The summed E-state index contributed by atoms with van der Waals surface area (Å²) in [5.41, 5.74) is 4.35. The van der Waals surface area contributed by atoms with Crippen LogP contribution in [0.1, 0.15) is 52.8 Å². The Morgan fingerprint density at radius 3 is 2.91 bits per heavy atom. The van der Waals surface area contributed by atoms with E-state index in [-0.39, 0.29) is 12.0 Å². The topological polar surface area (TPSA) is 71.8 Å². The van der Waals surface area contributed by atoms with Crippen molar-refractivity contribution in [1.82, 2.24) is 24.8 Å². The van der Waals surface area contributed by atoms with E-state index in [9.17, 15) is 9.18 Å². The largest absolute Gasteiger partial charge is 0.489 e. The first kappa shape index (κ1) is 21.2. The molecule has 0 aliphatic carbocycles. The Balaban J connectivity index is 1.42. The van der Waals surface area contributed by atoms with Gasteiger partial charge < -0.3 is 15.0 Å². The molecule has 32 heavy (non-hydrogen) atoms. The second-order valence-corrected chi connectivity index (χ2v) is 9.06. The van der Waals surface area contributed by atoms with Gasteiger partial charge in [0.05, 0.1) is 40.8 Å². The molecular weight excluding hydrogens is 433 g/mol. The number of nitrogens with zero attached hydrogens (tertiary/aromatic N) is 4. The molecule has 2 atom stereocenters. The molecule has 2 aliphatic rings. The van der Waals surface area contributed by atoms with E-state index in [1.807, 2.05) is 13.8 Å². The monoisotopic (exact) mass is 457 g/mol. The zero-order valence-corrected chi connectivity index (χ0v) is 19.0. The van der Waals surface area contributed by atoms with Crippen molar-refractivity contribution in [3.05, 3.63) is 57.2 Å². The Labute approximate surface area is 190 Å². The van der Waals surface area contributed by atoms with Crippen molar-refractivity contribution in [1.29, 1.82) is 0 Å². The molecule has 2 aliphatic heterocycles. The van der Waals surface area contributed by atoms with Crippen LogP contribution in [0.3, 0.4) is 0 Å². The number of carbonyl (C=O) groups excluding carboxylic acids is 1. The summed E-state index contributed by atoms with van der Waals surface area (Å²) >= 11 is 6.32. The first-order chi connectivity index (χ1) is 15.3. The normalized spacial score (nSPS) is 20.6. The number of piperidine rings is 1. The van der Waals surface area contributed by atoms with Gasteiger partial charge in [-0.05, 0) is 52.3 Å². The summed E-state index contributed by atoms with van der Waals surface area (Å²) < 4.78 is 21.9. The minimum absolute atomic E-state index is 0.0560. The van der Waals surface area contributed by atoms with Crippen molar-refractivity contribution in [3.8, 4) is 5.75 Å². The van der Waals surface area contributed by atoms with E-state index in [2.05, 4.69) is 22.3 Å². The van der Waals surface area contributed by atoms with Crippen LogP contribution in [0.25, 0.3) is 5.65 Å². The zero-order chi connectivity index (χ0) is 22.6. The van der Waals surface area contributed by atoms with Gasteiger partial charge in [-0.15, -0.1) is 0 Å². The van der Waals surface area contributed by atoms with E-state index in [1.165, 1.54) is 18.2 Å². The first-order valence-electron chi connectivity index (χ1n) is 10.8. The molecule has 1 saturated heterocycles. The number of carbonyl (C=O) groups is 1. The summed E-state index contributed by atoms with van der Waals surface area (Å²) in [6, 6.07) is 4.43. The lowest BCUT2D eigenvalue weighted by atomic mass is 10.0. The van der Waals surface area contributed by atoms with Crippen molar-refractivity contribution >= 4 is 23.2 Å². The van der Waals surface area contributed by atoms with Crippen LogP contribution in [0.2, 0.25) is 5.02 Å². The van der Waals surface area contributed by atoms with E-state index in [4.69, 9.17) is 16.3 Å². The molecule has 4 heterocycles. The van der Waals surface area contributed by atoms with Crippen LogP contribution < -0.4 is 10.1 Å². The van der Waals surface area contributed by atoms with Gasteiger partial charge in [0.25, 0.3) is 5.91 Å². The van der Waals surface area contributed by atoms with Crippen LogP contribution in [-0.4, -0.2) is 44.1 Å². The van der Waals surface area contributed by atoms with E-state index in [1.54, 1.807) is 9.42 Å². The molecule has 0 spiro atoms. The number of halogens is 2. The highest BCUT2D eigenvalue weighted by Crippen LogP contribution is 2.32. The predicted octanol–water partition coefficient (Wildman–Crippen LogP) is 3.81. The number of aromatic nitrogens is 3. The lowest BCUT2D eigenvalue weighted by Crippen LogP contribution is -2.40. The lowest BCUT2D eigenvalue weighted by molar-refractivity contribution is 0.0738. The molecular formula is C23H25ClFN5O2. The van der Waals surface area contributed by atoms with Crippen LogP contribution in [-0.2, 0) is 13.1 Å². The SMILES string of the molecule is Cc1nc2c3c(nn2c(C)c1Cl)CN(C(=O)c1ccc(F)cc1O[C@@H]1CCN[C@@H](C)C1)C3. The van der Waals surface area contributed by atoms with Crippen molar-refractivity contribution < 1.29 is 13.9 Å². The van der Waals surface area contributed by atoms with Gasteiger partial charge >= 0.3 is 0 Å². The maximum absolute atomic E-state index is 14.0. The molecule has 1 N–H and O–H groups in total. The molecule has 1 aromatic carbocycles. The van der Waals surface area contributed by atoms with Crippen molar-refractivity contribution in [2.75, 3.05) is 6.54 Å². The minimum Gasteiger partial charge on any atom is -0.489 e. The standard InChI is InChI=1S/C23H25ClFN5O2/c1-12-8-16(6-7-26-12)32-20-9-15(25)4-5-17(20)23(31)29-10-18-19(11-29)28-30-14(3)21(24)13(2)27-22(18)30/h4-5,9,12,16,26H,6-8,10-11H2,1-3H3/t12-,16+/m0/s1. The van der Waals surface area contributed by atoms with Crippen molar-refractivity contribution in [2.45, 2.75) is 58.8 Å². The van der Waals surface area contributed by atoms with Gasteiger partial charge in [-0.25, -0.2) is 13.9 Å². The molecule has 0 radical (unpaired) electrons. The fraction of sp³-hybridized carbons (Fsp3) is 0.435. The second-order valence-electron chi connectivity index (χ2n) is 8.68. The highest BCUT2D eigenvalue weighted by atomic mass is 35.5. The van der Waals surface area contributed by atoms with Crippen molar-refractivity contribution in [2.24, 2.45) is 0 Å². The predicted molar refractivity (Wildman–Crippen MR) is 119 cm³/mol.